The number of ether oxygens (including phenoxy) is 1. The molecule has 7 heteroatoms. The summed E-state index contributed by atoms with van der Waals surface area (Å²) in [6.07, 6.45) is 4.09. The maximum Gasteiger partial charge on any atom is 0.229 e. The van der Waals surface area contributed by atoms with Crippen molar-refractivity contribution in [3.05, 3.63) is 66.2 Å². The zero-order valence-electron chi connectivity index (χ0n) is 19.0. The molecule has 0 radical (unpaired) electrons. The number of hydrogen-bond acceptors (Lipinski definition) is 5. The summed E-state index contributed by atoms with van der Waals surface area (Å²) in [7, 11) is 0. The fourth-order valence-corrected chi connectivity index (χ4v) is 4.25. The number of amides is 1. The van der Waals surface area contributed by atoms with Crippen LogP contribution in [0.25, 0.3) is 22.3 Å². The number of aromatic amines is 1. The summed E-state index contributed by atoms with van der Waals surface area (Å²) in [5, 5.41) is 5.24. The Morgan fingerprint density at radius 3 is 2.82 bits per heavy atom. The topological polar surface area (TPSA) is 84.2 Å². The van der Waals surface area contributed by atoms with Crippen LogP contribution in [-0.2, 0) is 11.2 Å². The van der Waals surface area contributed by atoms with Gasteiger partial charge in [-0.15, -0.1) is 0 Å². The molecule has 1 saturated heterocycles. The van der Waals surface area contributed by atoms with E-state index in [1.165, 1.54) is 10.9 Å². The molecule has 4 aromatic rings. The number of aromatic nitrogens is 3. The van der Waals surface area contributed by atoms with E-state index in [1.807, 2.05) is 61.3 Å². The van der Waals surface area contributed by atoms with E-state index in [0.29, 0.717) is 24.7 Å². The molecule has 2 aromatic carbocycles. The molecule has 1 amide bonds. The number of nitrogens with zero attached hydrogens (tertiary/aromatic N) is 3. The second-order valence-electron chi connectivity index (χ2n) is 8.86. The average Bonchev–Trinajstić information content (AvgIpc) is 3.58. The Kier molecular flexibility index (Phi) is 5.86. The minimum atomic E-state index is 0.00519. The van der Waals surface area contributed by atoms with Crippen molar-refractivity contribution >= 4 is 16.8 Å². The highest BCUT2D eigenvalue weighted by molar-refractivity contribution is 5.84. The molecule has 1 atom stereocenters. The molecular weight excluding hydrogens is 416 g/mol. The van der Waals surface area contributed by atoms with E-state index < -0.39 is 0 Å². The minimum Gasteiger partial charge on any atom is -0.489 e. The Morgan fingerprint density at radius 1 is 1.21 bits per heavy atom. The van der Waals surface area contributed by atoms with Gasteiger partial charge in [-0.2, -0.15) is 4.98 Å². The van der Waals surface area contributed by atoms with E-state index in [0.717, 1.165) is 36.2 Å². The number of rotatable bonds is 7. The van der Waals surface area contributed by atoms with E-state index in [4.69, 9.17) is 9.26 Å². The fourth-order valence-electron chi connectivity index (χ4n) is 4.25. The number of nitrogens with one attached hydrogen (secondary N) is 1. The number of carbonyl (C=O) groups is 1. The van der Waals surface area contributed by atoms with Gasteiger partial charge in [0.25, 0.3) is 0 Å². The van der Waals surface area contributed by atoms with Crippen LogP contribution < -0.4 is 4.74 Å². The molecule has 1 fully saturated rings. The lowest BCUT2D eigenvalue weighted by Gasteiger charge is -2.17. The van der Waals surface area contributed by atoms with Gasteiger partial charge < -0.3 is 19.1 Å². The Labute approximate surface area is 192 Å². The molecular formula is C26H28N4O3. The van der Waals surface area contributed by atoms with Gasteiger partial charge in [0.05, 0.1) is 6.54 Å². The van der Waals surface area contributed by atoms with Crippen LogP contribution in [0, 0.1) is 0 Å². The van der Waals surface area contributed by atoms with Crippen LogP contribution in [0.3, 0.4) is 0 Å². The Balaban J connectivity index is 1.13. The lowest BCUT2D eigenvalue weighted by Crippen LogP contribution is -2.31. The molecule has 0 saturated carbocycles. The molecule has 1 aliphatic rings. The lowest BCUT2D eigenvalue weighted by molar-refractivity contribution is -0.130. The SMILES string of the molecule is CC(C)c1nc(-c2ccc(OC3CCN(C(=O)CCc4c[nH]c5ccccc45)C3)cc2)no1. The number of carbonyl (C=O) groups excluding carboxylic acids is 1. The van der Waals surface area contributed by atoms with Crippen LogP contribution in [0.1, 0.15) is 44.1 Å². The summed E-state index contributed by atoms with van der Waals surface area (Å²) in [5.41, 5.74) is 3.19. The van der Waals surface area contributed by atoms with Gasteiger partial charge in [-0.1, -0.05) is 37.2 Å². The number of H-pyrrole nitrogens is 1. The standard InChI is InChI=1S/C26H28N4O3/c1-17(2)26-28-25(29-33-26)18-7-10-20(11-8-18)32-21-13-14-30(16-21)24(31)12-9-19-15-27-23-6-4-3-5-22(19)23/h3-8,10-11,15,17,21,27H,9,12-14,16H2,1-2H3. The number of likely N-dealkylation sites (tertiary alicyclic amines) is 1. The van der Waals surface area contributed by atoms with Crippen molar-refractivity contribution in [2.24, 2.45) is 0 Å². The predicted molar refractivity (Wildman–Crippen MR) is 126 cm³/mol. The summed E-state index contributed by atoms with van der Waals surface area (Å²) in [6.45, 7) is 5.39. The van der Waals surface area contributed by atoms with Crippen molar-refractivity contribution in [3.63, 3.8) is 0 Å². The average molecular weight is 445 g/mol. The highest BCUT2D eigenvalue weighted by Gasteiger charge is 2.27. The molecule has 2 aromatic heterocycles. The monoisotopic (exact) mass is 444 g/mol. The first-order chi connectivity index (χ1) is 16.1. The van der Waals surface area contributed by atoms with Crippen LogP contribution in [0.5, 0.6) is 5.75 Å². The third-order valence-corrected chi connectivity index (χ3v) is 6.13. The van der Waals surface area contributed by atoms with E-state index in [9.17, 15) is 4.79 Å². The van der Waals surface area contributed by atoms with E-state index >= 15 is 0 Å². The van der Waals surface area contributed by atoms with E-state index in [1.54, 1.807) is 0 Å². The second-order valence-corrected chi connectivity index (χ2v) is 8.86. The van der Waals surface area contributed by atoms with Gasteiger partial charge in [0, 0.05) is 48.0 Å². The molecule has 0 spiro atoms. The zero-order valence-corrected chi connectivity index (χ0v) is 19.0. The highest BCUT2D eigenvalue weighted by Crippen LogP contribution is 2.25. The molecule has 33 heavy (non-hydrogen) atoms. The predicted octanol–water partition coefficient (Wildman–Crippen LogP) is 4.95. The van der Waals surface area contributed by atoms with Crippen LogP contribution in [0.4, 0.5) is 0 Å². The van der Waals surface area contributed by atoms with Crippen molar-refractivity contribution in [1.29, 1.82) is 0 Å². The maximum atomic E-state index is 12.8. The Hall–Kier alpha value is -3.61. The molecule has 170 valence electrons. The molecule has 5 rings (SSSR count). The fraction of sp³-hybridized carbons (Fsp3) is 0.346. The van der Waals surface area contributed by atoms with Crippen molar-refractivity contribution in [2.45, 2.75) is 45.1 Å². The quantitative estimate of drug-likeness (QED) is 0.436. The van der Waals surface area contributed by atoms with E-state index in [-0.39, 0.29) is 17.9 Å². The number of aryl methyl sites for hydroxylation is 1. The molecule has 0 bridgehead atoms. The minimum absolute atomic E-state index is 0.00519. The summed E-state index contributed by atoms with van der Waals surface area (Å²) in [4.78, 5) is 22.4. The van der Waals surface area contributed by atoms with Gasteiger partial charge in [-0.25, -0.2) is 0 Å². The molecule has 1 aliphatic heterocycles. The first-order valence-corrected chi connectivity index (χ1v) is 11.5. The molecule has 7 nitrogen and oxygen atoms in total. The first kappa shape index (κ1) is 21.2. The lowest BCUT2D eigenvalue weighted by atomic mass is 10.1. The van der Waals surface area contributed by atoms with Gasteiger partial charge in [0.2, 0.25) is 17.6 Å². The van der Waals surface area contributed by atoms with Crippen LogP contribution >= 0.6 is 0 Å². The van der Waals surface area contributed by atoms with Gasteiger partial charge in [0.15, 0.2) is 0 Å². The second kappa shape index (κ2) is 9.10. The summed E-state index contributed by atoms with van der Waals surface area (Å²) in [5.74, 6) is 2.37. The molecule has 0 aliphatic carbocycles. The van der Waals surface area contributed by atoms with Gasteiger partial charge in [-0.05, 0) is 42.3 Å². The van der Waals surface area contributed by atoms with Crippen LogP contribution in [0.2, 0.25) is 0 Å². The Morgan fingerprint density at radius 2 is 2.03 bits per heavy atom. The van der Waals surface area contributed by atoms with Crippen molar-refractivity contribution < 1.29 is 14.1 Å². The van der Waals surface area contributed by atoms with Gasteiger partial charge in [-0.3, -0.25) is 4.79 Å². The van der Waals surface area contributed by atoms with Crippen LogP contribution in [-0.4, -0.2) is 45.1 Å². The summed E-state index contributed by atoms with van der Waals surface area (Å²) in [6, 6.07) is 15.9. The van der Waals surface area contributed by atoms with Crippen LogP contribution in [0.15, 0.2) is 59.3 Å². The largest absolute Gasteiger partial charge is 0.489 e. The van der Waals surface area contributed by atoms with Crippen molar-refractivity contribution in [2.75, 3.05) is 13.1 Å². The smallest absolute Gasteiger partial charge is 0.229 e. The number of fused-ring (bicyclic) bond motifs is 1. The van der Waals surface area contributed by atoms with E-state index in [2.05, 4.69) is 27.3 Å². The zero-order chi connectivity index (χ0) is 22.8. The van der Waals surface area contributed by atoms with Crippen molar-refractivity contribution in [1.82, 2.24) is 20.0 Å². The molecule has 1 unspecified atom stereocenters. The van der Waals surface area contributed by atoms with Crippen molar-refractivity contribution in [3.8, 4) is 17.1 Å². The third-order valence-electron chi connectivity index (χ3n) is 6.13. The number of hydrogen-bond donors (Lipinski definition) is 1. The third kappa shape index (κ3) is 4.62. The maximum absolute atomic E-state index is 12.8. The molecule has 3 heterocycles. The highest BCUT2D eigenvalue weighted by atomic mass is 16.5. The normalized spacial score (nSPS) is 16.1. The van der Waals surface area contributed by atoms with Gasteiger partial charge in [0.1, 0.15) is 11.9 Å². The number of para-hydroxylation sites is 1. The van der Waals surface area contributed by atoms with Gasteiger partial charge >= 0.3 is 0 Å². The molecule has 1 N–H and O–H groups in total. The summed E-state index contributed by atoms with van der Waals surface area (Å²) < 4.78 is 11.4. The summed E-state index contributed by atoms with van der Waals surface area (Å²) >= 11 is 0. The number of benzene rings is 2. The Bertz CT molecular complexity index is 1240. The first-order valence-electron chi connectivity index (χ1n) is 11.5.